The van der Waals surface area contributed by atoms with Crippen LogP contribution in [0.4, 0.5) is 0 Å². The number of phosphoric acid groups is 1. The molecule has 0 spiro atoms. The van der Waals surface area contributed by atoms with Crippen molar-refractivity contribution < 1.29 is 19.2 Å². The van der Waals surface area contributed by atoms with E-state index in [0.29, 0.717) is 0 Å². The second-order valence-electron chi connectivity index (χ2n) is 0.469. The van der Waals surface area contributed by atoms with Crippen LogP contribution in [0.5, 0.6) is 0 Å². The number of rotatable bonds is 0. The Hall–Kier alpha value is 0.380. The molecule has 1 N–H and O–H groups in total. The standard InChI is InChI=1S/2N.H3O4P.S/c;;1-5(2,3)4;/h;;(H3,1,2,3,4);/q2*+1;;/p-2. The molecule has 0 bridgehead atoms. The zero-order valence-corrected chi connectivity index (χ0v) is 5.13. The van der Waals surface area contributed by atoms with Crippen LogP contribution < -0.4 is 22.1 Å². The van der Waals surface area contributed by atoms with Gasteiger partial charge in [-0.3, -0.25) is 0 Å². The van der Waals surface area contributed by atoms with Crippen molar-refractivity contribution in [3.05, 3.63) is 0 Å². The molecule has 0 aliphatic rings. The van der Waals surface area contributed by atoms with Gasteiger partial charge < -0.3 is 19.2 Å². The molecule has 0 aliphatic heterocycles. The second kappa shape index (κ2) is 7.38. The summed E-state index contributed by atoms with van der Waals surface area (Å²) in [5, 5.41) is 0. The van der Waals surface area contributed by atoms with Crippen molar-refractivity contribution in [3.8, 4) is 0 Å². The lowest BCUT2D eigenvalue weighted by molar-refractivity contribution is -0.337. The quantitative estimate of drug-likeness (QED) is 0.386. The fourth-order valence-corrected chi connectivity index (χ4v) is 0. The Morgan fingerprint density at radius 1 is 1.25 bits per heavy atom. The first-order valence-corrected chi connectivity index (χ1v) is 2.24. The van der Waals surface area contributed by atoms with Crippen LogP contribution in [0.2, 0.25) is 0 Å². The smallest absolute Gasteiger partial charge is 0.790 e. The Kier molecular flexibility index (Phi) is 21.9. The Bertz CT molecular complexity index is 60.2. The summed E-state index contributed by atoms with van der Waals surface area (Å²) in [6.45, 7) is 0. The molecule has 0 saturated carbocycles. The van der Waals surface area contributed by atoms with Gasteiger partial charge in [0, 0.05) is 13.5 Å². The van der Waals surface area contributed by atoms with Crippen molar-refractivity contribution in [2.24, 2.45) is 0 Å². The number of nitrogens with zero attached hydrogens (tertiary/aromatic N) is 2. The summed E-state index contributed by atoms with van der Waals surface area (Å²) in [7, 11) is -5.14. The summed E-state index contributed by atoms with van der Waals surface area (Å²) in [4.78, 5) is 24.3. The molecule has 0 heterocycles. The minimum Gasteiger partial charge on any atom is -0.790 e. The topological polar surface area (TPSA) is 144 Å². The molecule has 0 aromatic rings. The number of hydrogen-bond donors (Lipinski definition) is 1. The van der Waals surface area contributed by atoms with E-state index in [9.17, 15) is 0 Å². The largest absolute Gasteiger partial charge is 1.00 e. The highest BCUT2D eigenvalue weighted by atomic mass is 32.1. The molecule has 46 valence electrons. The molecule has 0 unspecified atom stereocenters. The Balaban J connectivity index is -0.0000000267. The van der Waals surface area contributed by atoms with E-state index in [0.717, 1.165) is 0 Å². The molecule has 0 aliphatic carbocycles. The van der Waals surface area contributed by atoms with Gasteiger partial charge >= 0.3 is 12.3 Å². The van der Waals surface area contributed by atoms with E-state index in [1.165, 1.54) is 0 Å². The van der Waals surface area contributed by atoms with Crippen LogP contribution >= 0.6 is 21.3 Å². The van der Waals surface area contributed by atoms with Gasteiger partial charge in [-0.2, -0.15) is 0 Å². The molecule has 0 rings (SSSR count). The van der Waals surface area contributed by atoms with Crippen molar-refractivity contribution in [1.82, 2.24) is 12.3 Å². The zero-order chi connectivity index (χ0) is 4.50. The van der Waals surface area contributed by atoms with Crippen LogP contribution in [0.1, 0.15) is 0 Å². The lowest BCUT2D eigenvalue weighted by Crippen LogP contribution is -2.11. The summed E-state index contributed by atoms with van der Waals surface area (Å²) in [5.74, 6) is 0. The predicted molar refractivity (Wildman–Crippen MR) is 21.7 cm³/mol. The van der Waals surface area contributed by atoms with Gasteiger partial charge in [0.05, 0.1) is 7.82 Å². The SMILES string of the molecule is O=P([O-])([O-])O.[N+].[N+].[S]. The summed E-state index contributed by atoms with van der Waals surface area (Å²) in [5.41, 5.74) is 0. The maximum atomic E-state index is 8.66. The van der Waals surface area contributed by atoms with Crippen LogP contribution in [-0.4, -0.2) is 4.89 Å². The van der Waals surface area contributed by atoms with Crippen LogP contribution in [0.25, 0.3) is 0 Å². The van der Waals surface area contributed by atoms with Gasteiger partial charge in [0.25, 0.3) is 0 Å². The van der Waals surface area contributed by atoms with E-state index in [-0.39, 0.29) is 25.8 Å². The highest BCUT2D eigenvalue weighted by Crippen LogP contribution is 2.11. The highest BCUT2D eigenvalue weighted by molar-refractivity contribution is 7.59. The molecule has 0 aromatic carbocycles. The molecule has 6 nitrogen and oxygen atoms in total. The Morgan fingerprint density at radius 3 is 1.25 bits per heavy atom. The third-order valence-corrected chi connectivity index (χ3v) is 0. The van der Waals surface area contributed by atoms with Crippen molar-refractivity contribution in [3.63, 3.8) is 0 Å². The van der Waals surface area contributed by atoms with Crippen LogP contribution in [0.15, 0.2) is 0 Å². The second-order valence-corrected chi connectivity index (χ2v) is 1.41. The van der Waals surface area contributed by atoms with Gasteiger partial charge in [-0.05, 0) is 0 Å². The molecule has 0 amide bonds. The van der Waals surface area contributed by atoms with E-state index in [1.54, 1.807) is 0 Å². The monoisotopic (exact) mass is 156 g/mol. The first-order chi connectivity index (χ1) is 2.00. The molecular formula is HN2O4PS. The maximum absolute atomic E-state index is 8.66. The Morgan fingerprint density at radius 2 is 1.25 bits per heavy atom. The third kappa shape index (κ3) is 1280. The molecule has 0 atom stereocenters. The van der Waals surface area contributed by atoms with E-state index in [4.69, 9.17) is 19.2 Å². The predicted octanol–water partition coefficient (Wildman–Crippen LogP) is -2.51. The lowest BCUT2D eigenvalue weighted by atomic mass is 14.0. The van der Waals surface area contributed by atoms with Gasteiger partial charge in [-0.15, -0.1) is 0 Å². The van der Waals surface area contributed by atoms with Gasteiger partial charge in [0.2, 0.25) is 0 Å². The lowest BCUT2D eigenvalue weighted by Gasteiger charge is -2.19. The average Bonchev–Trinajstić information content (AvgIpc) is 0.722. The van der Waals surface area contributed by atoms with Crippen molar-refractivity contribution in [2.75, 3.05) is 0 Å². The zero-order valence-electron chi connectivity index (χ0n) is 3.42. The molecule has 8 heteroatoms. The van der Waals surface area contributed by atoms with Crippen LogP contribution in [-0.2, 0) is 4.57 Å². The molecule has 0 aromatic heterocycles. The summed E-state index contributed by atoms with van der Waals surface area (Å²) < 4.78 is 8.66. The summed E-state index contributed by atoms with van der Waals surface area (Å²) in [6.07, 6.45) is 0. The van der Waals surface area contributed by atoms with Gasteiger partial charge in [0.15, 0.2) is 0 Å². The third-order valence-electron chi connectivity index (χ3n) is 0. The highest BCUT2D eigenvalue weighted by Gasteiger charge is 1.64. The van der Waals surface area contributed by atoms with Gasteiger partial charge in [-0.1, -0.05) is 0 Å². The maximum Gasteiger partial charge on any atom is 1.00 e. The average molecular weight is 156 g/mol. The van der Waals surface area contributed by atoms with Gasteiger partial charge in [-0.25, -0.2) is 0 Å². The van der Waals surface area contributed by atoms with Crippen LogP contribution in [0, 0.1) is 0 Å². The fraction of sp³-hybridized carbons (Fsp3) is 0. The van der Waals surface area contributed by atoms with Crippen LogP contribution in [0.3, 0.4) is 0 Å². The van der Waals surface area contributed by atoms with E-state index in [1.807, 2.05) is 0 Å². The van der Waals surface area contributed by atoms with E-state index >= 15 is 0 Å². The normalized spacial score (nSPS) is 7.38. The number of hydrogen-bond acceptors (Lipinski definition) is 3. The van der Waals surface area contributed by atoms with Crippen molar-refractivity contribution >= 4 is 21.3 Å². The molecule has 10 radical (unpaired) electrons. The molecular weight excluding hydrogens is 155 g/mol. The fourth-order valence-electron chi connectivity index (χ4n) is 0. The molecule has 8 heavy (non-hydrogen) atoms. The summed E-state index contributed by atoms with van der Waals surface area (Å²) in [6, 6.07) is 0. The summed E-state index contributed by atoms with van der Waals surface area (Å²) >= 11 is 0. The first-order valence-electron chi connectivity index (χ1n) is 0.748. The molecule has 0 fully saturated rings. The minimum atomic E-state index is -5.14. The molecule has 0 saturated heterocycles. The Labute approximate surface area is 53.8 Å². The minimum absolute atomic E-state index is 0. The van der Waals surface area contributed by atoms with E-state index < -0.39 is 7.82 Å². The van der Waals surface area contributed by atoms with Gasteiger partial charge in [0.1, 0.15) is 0 Å². The van der Waals surface area contributed by atoms with Crippen molar-refractivity contribution in [2.45, 2.75) is 0 Å². The van der Waals surface area contributed by atoms with Crippen molar-refractivity contribution in [1.29, 1.82) is 0 Å². The first kappa shape index (κ1) is 23.8. The van der Waals surface area contributed by atoms with E-state index in [2.05, 4.69) is 0 Å².